The van der Waals surface area contributed by atoms with Gasteiger partial charge in [-0.05, 0) is 35.4 Å². The van der Waals surface area contributed by atoms with Crippen LogP contribution in [0.4, 0.5) is 5.82 Å². The van der Waals surface area contributed by atoms with Gasteiger partial charge >= 0.3 is 0 Å². The van der Waals surface area contributed by atoms with E-state index in [9.17, 15) is 5.26 Å². The normalized spacial score (nSPS) is 10.3. The molecule has 0 aliphatic carbocycles. The second-order valence-corrected chi connectivity index (χ2v) is 7.93. The molecule has 0 saturated heterocycles. The van der Waals surface area contributed by atoms with Gasteiger partial charge in [0, 0.05) is 28.1 Å². The Hall–Kier alpha value is -3.75. The maximum atomic E-state index is 10.1. The van der Waals surface area contributed by atoms with Crippen LogP contribution in [0.25, 0.3) is 11.1 Å². The maximum absolute atomic E-state index is 10.1. The number of hydrogen-bond donors (Lipinski definition) is 1. The number of benzene rings is 3. The number of ether oxygens (including phenoxy) is 1. The summed E-state index contributed by atoms with van der Waals surface area (Å²) in [5.74, 6) is 1.40. The van der Waals surface area contributed by atoms with Gasteiger partial charge in [0.25, 0.3) is 0 Å². The Labute approximate surface area is 186 Å². The van der Waals surface area contributed by atoms with E-state index in [1.54, 1.807) is 18.9 Å². The summed E-state index contributed by atoms with van der Waals surface area (Å²) in [4.78, 5) is 6.58. The van der Waals surface area contributed by atoms with E-state index in [0.717, 1.165) is 32.2 Å². The topological polar surface area (TPSA) is 57.9 Å². The van der Waals surface area contributed by atoms with E-state index in [0.29, 0.717) is 17.9 Å². The number of hydrogen-bond acceptors (Lipinski definition) is 5. The van der Waals surface area contributed by atoms with Crippen LogP contribution in [0.2, 0.25) is 0 Å². The first kappa shape index (κ1) is 20.5. The molecule has 0 radical (unpaired) electrons. The molecule has 0 saturated carbocycles. The van der Waals surface area contributed by atoms with Crippen LogP contribution in [0.1, 0.15) is 11.1 Å². The lowest BCUT2D eigenvalue weighted by atomic mass is 10.0. The summed E-state index contributed by atoms with van der Waals surface area (Å²) >= 11 is 1.58. The van der Waals surface area contributed by atoms with Crippen molar-refractivity contribution in [2.24, 2.45) is 0 Å². The monoisotopic (exact) mass is 423 g/mol. The molecular weight excluding hydrogens is 402 g/mol. The van der Waals surface area contributed by atoms with Crippen LogP contribution < -0.4 is 10.1 Å². The molecule has 0 fully saturated rings. The number of methoxy groups -OCH3 is 1. The SMILES string of the molecule is COc1ccc(Sc2cnc(NCc3ccccc3)c(C#N)c2-c2ccccc2)cc1. The van der Waals surface area contributed by atoms with E-state index >= 15 is 0 Å². The molecule has 4 rings (SSSR count). The van der Waals surface area contributed by atoms with Crippen LogP contribution in [0, 0.1) is 11.3 Å². The van der Waals surface area contributed by atoms with Gasteiger partial charge in [0.2, 0.25) is 0 Å². The van der Waals surface area contributed by atoms with Crippen molar-refractivity contribution in [3.63, 3.8) is 0 Å². The fourth-order valence-electron chi connectivity index (χ4n) is 3.26. The van der Waals surface area contributed by atoms with Crippen molar-refractivity contribution in [1.82, 2.24) is 4.98 Å². The summed E-state index contributed by atoms with van der Waals surface area (Å²) in [6.45, 7) is 0.599. The number of nitriles is 1. The summed E-state index contributed by atoms with van der Waals surface area (Å²) in [6, 6.07) is 30.3. The van der Waals surface area contributed by atoms with Gasteiger partial charge in [-0.2, -0.15) is 5.26 Å². The standard InChI is InChI=1S/C26H21N3OS/c1-30-21-12-14-22(15-13-21)31-24-18-29-26(28-17-19-8-4-2-5-9-19)23(16-27)25(24)20-10-6-3-7-11-20/h2-15,18H,17H2,1H3,(H,28,29). The molecule has 3 aromatic carbocycles. The van der Waals surface area contributed by atoms with Crippen LogP contribution >= 0.6 is 11.8 Å². The summed E-state index contributed by atoms with van der Waals surface area (Å²) < 4.78 is 5.26. The van der Waals surface area contributed by atoms with Crippen LogP contribution in [-0.4, -0.2) is 12.1 Å². The van der Waals surface area contributed by atoms with Crippen molar-refractivity contribution in [3.8, 4) is 22.9 Å². The average Bonchev–Trinajstić information content (AvgIpc) is 2.84. The number of aromatic nitrogens is 1. The van der Waals surface area contributed by atoms with Gasteiger partial charge in [-0.25, -0.2) is 4.98 Å². The molecule has 4 aromatic rings. The second kappa shape index (κ2) is 9.84. The summed E-state index contributed by atoms with van der Waals surface area (Å²) in [5.41, 5.74) is 3.54. The number of anilines is 1. The molecule has 1 aromatic heterocycles. The van der Waals surface area contributed by atoms with Gasteiger partial charge in [-0.1, -0.05) is 72.4 Å². The quantitative estimate of drug-likeness (QED) is 0.373. The predicted molar refractivity (Wildman–Crippen MR) is 125 cm³/mol. The molecule has 152 valence electrons. The lowest BCUT2D eigenvalue weighted by Gasteiger charge is -2.15. The Morgan fingerprint density at radius 2 is 1.61 bits per heavy atom. The fraction of sp³-hybridized carbons (Fsp3) is 0.0769. The van der Waals surface area contributed by atoms with E-state index in [4.69, 9.17) is 4.74 Å². The average molecular weight is 424 g/mol. The Balaban J connectivity index is 1.73. The van der Waals surface area contributed by atoms with E-state index in [1.807, 2.05) is 91.1 Å². The molecule has 0 aliphatic rings. The number of nitrogens with zero attached hydrogens (tertiary/aromatic N) is 2. The summed E-state index contributed by atoms with van der Waals surface area (Å²) in [5, 5.41) is 13.4. The van der Waals surface area contributed by atoms with E-state index in [-0.39, 0.29) is 0 Å². The van der Waals surface area contributed by atoms with Crippen LogP contribution in [0.5, 0.6) is 5.75 Å². The third kappa shape index (κ3) is 4.88. The van der Waals surface area contributed by atoms with Gasteiger partial charge in [0.05, 0.1) is 7.11 Å². The molecule has 1 heterocycles. The number of pyridine rings is 1. The Kier molecular flexibility index (Phi) is 6.51. The highest BCUT2D eigenvalue weighted by Gasteiger charge is 2.17. The van der Waals surface area contributed by atoms with E-state index in [2.05, 4.69) is 16.4 Å². The molecule has 0 atom stereocenters. The predicted octanol–water partition coefficient (Wildman–Crippen LogP) is 6.39. The smallest absolute Gasteiger partial charge is 0.144 e. The summed E-state index contributed by atoms with van der Waals surface area (Å²) in [6.07, 6.45) is 1.84. The van der Waals surface area contributed by atoms with Crippen molar-refractivity contribution in [1.29, 1.82) is 5.26 Å². The lowest BCUT2D eigenvalue weighted by Crippen LogP contribution is -2.05. The second-order valence-electron chi connectivity index (χ2n) is 6.82. The molecule has 5 heteroatoms. The molecule has 0 amide bonds. The van der Waals surface area contributed by atoms with Gasteiger partial charge < -0.3 is 10.1 Å². The van der Waals surface area contributed by atoms with Crippen LogP contribution in [-0.2, 0) is 6.54 Å². The number of nitrogens with one attached hydrogen (secondary N) is 1. The van der Waals surface area contributed by atoms with Crippen molar-refractivity contribution in [2.45, 2.75) is 16.3 Å². The first-order valence-corrected chi connectivity index (χ1v) is 10.7. The minimum absolute atomic E-state index is 0.542. The molecule has 0 aliphatic heterocycles. The first-order chi connectivity index (χ1) is 15.3. The van der Waals surface area contributed by atoms with Gasteiger partial charge in [0.1, 0.15) is 23.2 Å². The third-order valence-electron chi connectivity index (χ3n) is 4.81. The first-order valence-electron chi connectivity index (χ1n) is 9.86. The largest absolute Gasteiger partial charge is 0.497 e. The van der Waals surface area contributed by atoms with E-state index in [1.165, 1.54) is 0 Å². The highest BCUT2D eigenvalue weighted by atomic mass is 32.2. The van der Waals surface area contributed by atoms with Crippen LogP contribution in [0.3, 0.4) is 0 Å². The molecular formula is C26H21N3OS. The van der Waals surface area contributed by atoms with Gasteiger partial charge in [-0.15, -0.1) is 0 Å². The number of rotatable bonds is 7. The fourth-order valence-corrected chi connectivity index (χ4v) is 4.21. The minimum atomic E-state index is 0.542. The van der Waals surface area contributed by atoms with Gasteiger partial charge in [0.15, 0.2) is 0 Å². The zero-order chi connectivity index (χ0) is 21.5. The Bertz CT molecular complexity index is 1190. The molecule has 4 nitrogen and oxygen atoms in total. The molecule has 0 spiro atoms. The van der Waals surface area contributed by atoms with Crippen molar-refractivity contribution < 1.29 is 4.74 Å². The zero-order valence-corrected chi connectivity index (χ0v) is 17.9. The zero-order valence-electron chi connectivity index (χ0n) is 17.1. The van der Waals surface area contributed by atoms with E-state index < -0.39 is 0 Å². The third-order valence-corrected chi connectivity index (χ3v) is 5.85. The van der Waals surface area contributed by atoms with Gasteiger partial charge in [-0.3, -0.25) is 0 Å². The highest BCUT2D eigenvalue weighted by Crippen LogP contribution is 2.40. The highest BCUT2D eigenvalue weighted by molar-refractivity contribution is 7.99. The molecule has 31 heavy (non-hydrogen) atoms. The van der Waals surface area contributed by atoms with Crippen molar-refractivity contribution >= 4 is 17.6 Å². The molecule has 0 unspecified atom stereocenters. The molecule has 0 bridgehead atoms. The Morgan fingerprint density at radius 3 is 2.26 bits per heavy atom. The minimum Gasteiger partial charge on any atom is -0.497 e. The van der Waals surface area contributed by atoms with Crippen molar-refractivity contribution in [3.05, 3.63) is 102 Å². The lowest BCUT2D eigenvalue weighted by molar-refractivity contribution is 0.414. The Morgan fingerprint density at radius 1 is 0.935 bits per heavy atom. The maximum Gasteiger partial charge on any atom is 0.144 e. The molecule has 1 N–H and O–H groups in total. The van der Waals surface area contributed by atoms with Crippen LogP contribution in [0.15, 0.2) is 101 Å². The summed E-state index contributed by atoms with van der Waals surface area (Å²) in [7, 11) is 1.65. The van der Waals surface area contributed by atoms with Crippen molar-refractivity contribution in [2.75, 3.05) is 12.4 Å².